The van der Waals surface area contributed by atoms with E-state index < -0.39 is 0 Å². The molecule has 2 aliphatic heterocycles. The zero-order chi connectivity index (χ0) is 20.7. The lowest BCUT2D eigenvalue weighted by molar-refractivity contribution is -0.129. The molecule has 0 spiro atoms. The molecule has 2 aliphatic rings. The summed E-state index contributed by atoms with van der Waals surface area (Å²) in [6, 6.07) is 8.90. The molecule has 0 unspecified atom stereocenters. The standard InChI is InChI=1S/C23H30N4O2/c1-5-20-24-15(3)18(23(29)25-20)10-21(28)27-12-16-11-26(4)22(19(16)13-27)17-9-7-6-8-14(17)2/h6-9,16,19,22H,5,10-13H2,1-4H3,(H,24,25,29)/t16-,19+,22-/m0/s1. The van der Waals surface area contributed by atoms with Gasteiger partial charge in [0.15, 0.2) is 0 Å². The lowest BCUT2D eigenvalue weighted by Gasteiger charge is -2.28. The summed E-state index contributed by atoms with van der Waals surface area (Å²) in [7, 11) is 2.19. The fourth-order valence-electron chi connectivity index (χ4n) is 5.16. The highest BCUT2D eigenvalue weighted by molar-refractivity contribution is 5.79. The molecule has 29 heavy (non-hydrogen) atoms. The smallest absolute Gasteiger partial charge is 0.254 e. The van der Waals surface area contributed by atoms with Gasteiger partial charge in [-0.3, -0.25) is 14.5 Å². The van der Waals surface area contributed by atoms with Crippen molar-refractivity contribution in [3.8, 4) is 0 Å². The van der Waals surface area contributed by atoms with E-state index in [2.05, 4.69) is 53.1 Å². The first kappa shape index (κ1) is 19.8. The van der Waals surface area contributed by atoms with Gasteiger partial charge in [0, 0.05) is 49.3 Å². The van der Waals surface area contributed by atoms with Crippen LogP contribution in [0.15, 0.2) is 29.1 Å². The first-order chi connectivity index (χ1) is 13.9. The Morgan fingerprint density at radius 3 is 2.66 bits per heavy atom. The van der Waals surface area contributed by atoms with Gasteiger partial charge in [0.2, 0.25) is 5.91 Å². The first-order valence-electron chi connectivity index (χ1n) is 10.5. The van der Waals surface area contributed by atoms with Gasteiger partial charge in [0.25, 0.3) is 5.56 Å². The van der Waals surface area contributed by atoms with Crippen molar-refractivity contribution in [3.05, 3.63) is 62.8 Å². The molecule has 2 aromatic rings. The maximum atomic E-state index is 13.0. The molecule has 1 aromatic carbocycles. The average molecular weight is 395 g/mol. The third kappa shape index (κ3) is 3.62. The largest absolute Gasteiger partial charge is 0.342 e. The monoisotopic (exact) mass is 394 g/mol. The molecular weight excluding hydrogens is 364 g/mol. The van der Waals surface area contributed by atoms with Crippen molar-refractivity contribution >= 4 is 5.91 Å². The van der Waals surface area contributed by atoms with Crippen LogP contribution in [0, 0.1) is 25.7 Å². The number of carbonyl (C=O) groups excluding carboxylic acids is 1. The van der Waals surface area contributed by atoms with Crippen LogP contribution in [0.4, 0.5) is 0 Å². The van der Waals surface area contributed by atoms with Crippen molar-refractivity contribution in [2.75, 3.05) is 26.7 Å². The van der Waals surface area contributed by atoms with Crippen molar-refractivity contribution in [2.24, 2.45) is 11.8 Å². The second kappa shape index (κ2) is 7.75. The van der Waals surface area contributed by atoms with Gasteiger partial charge < -0.3 is 9.88 Å². The molecule has 3 heterocycles. The Morgan fingerprint density at radius 2 is 1.97 bits per heavy atom. The number of benzene rings is 1. The number of aromatic amines is 1. The van der Waals surface area contributed by atoms with Crippen molar-refractivity contribution in [2.45, 2.75) is 39.7 Å². The number of aryl methyl sites for hydroxylation is 3. The van der Waals surface area contributed by atoms with E-state index in [1.165, 1.54) is 11.1 Å². The van der Waals surface area contributed by atoms with Gasteiger partial charge in [-0.05, 0) is 37.9 Å². The van der Waals surface area contributed by atoms with Crippen LogP contribution in [-0.4, -0.2) is 52.4 Å². The summed E-state index contributed by atoms with van der Waals surface area (Å²) in [6.45, 7) is 8.46. The first-order valence-corrected chi connectivity index (χ1v) is 10.5. The summed E-state index contributed by atoms with van der Waals surface area (Å²) >= 11 is 0. The van der Waals surface area contributed by atoms with E-state index in [0.29, 0.717) is 41.4 Å². The number of nitrogens with zero attached hydrogens (tertiary/aromatic N) is 3. The summed E-state index contributed by atoms with van der Waals surface area (Å²) in [5.41, 5.74) is 3.65. The van der Waals surface area contributed by atoms with Crippen LogP contribution in [0.1, 0.15) is 41.2 Å². The fraction of sp³-hybridized carbons (Fsp3) is 0.522. The molecule has 1 aromatic heterocycles. The highest BCUT2D eigenvalue weighted by Gasteiger charge is 2.47. The van der Waals surface area contributed by atoms with Crippen LogP contribution < -0.4 is 5.56 Å². The molecule has 0 radical (unpaired) electrons. The van der Waals surface area contributed by atoms with E-state index in [1.807, 2.05) is 18.7 Å². The Labute approximate surface area is 172 Å². The number of amides is 1. The molecular formula is C23H30N4O2. The van der Waals surface area contributed by atoms with Crippen molar-refractivity contribution in [1.29, 1.82) is 0 Å². The summed E-state index contributed by atoms with van der Waals surface area (Å²) in [5, 5.41) is 0. The minimum Gasteiger partial charge on any atom is -0.342 e. The number of hydrogen-bond acceptors (Lipinski definition) is 4. The van der Waals surface area contributed by atoms with Crippen LogP contribution in [0.3, 0.4) is 0 Å². The highest BCUT2D eigenvalue weighted by Crippen LogP contribution is 2.44. The Morgan fingerprint density at radius 1 is 1.21 bits per heavy atom. The van der Waals surface area contributed by atoms with E-state index in [4.69, 9.17) is 0 Å². The third-order valence-electron chi connectivity index (χ3n) is 6.69. The van der Waals surface area contributed by atoms with Crippen molar-refractivity contribution in [3.63, 3.8) is 0 Å². The van der Waals surface area contributed by atoms with E-state index in [9.17, 15) is 9.59 Å². The number of carbonyl (C=O) groups is 1. The van der Waals surface area contributed by atoms with Gasteiger partial charge in [-0.1, -0.05) is 31.2 Å². The topological polar surface area (TPSA) is 69.3 Å². The summed E-state index contributed by atoms with van der Waals surface area (Å²) in [5.74, 6) is 1.62. The van der Waals surface area contributed by atoms with Crippen molar-refractivity contribution < 1.29 is 4.79 Å². The molecule has 2 fully saturated rings. The fourth-order valence-corrected chi connectivity index (χ4v) is 5.16. The van der Waals surface area contributed by atoms with Crippen LogP contribution in [0.25, 0.3) is 0 Å². The minimum absolute atomic E-state index is 0.0326. The molecule has 154 valence electrons. The minimum atomic E-state index is -0.181. The number of nitrogens with one attached hydrogen (secondary N) is 1. The molecule has 1 N–H and O–H groups in total. The lowest BCUT2D eigenvalue weighted by Crippen LogP contribution is -2.36. The second-order valence-electron chi connectivity index (χ2n) is 8.57. The van der Waals surface area contributed by atoms with E-state index in [1.54, 1.807) is 0 Å². The van der Waals surface area contributed by atoms with Crippen LogP contribution in [0.5, 0.6) is 0 Å². The van der Waals surface area contributed by atoms with Crippen LogP contribution in [0.2, 0.25) is 0 Å². The predicted molar refractivity (Wildman–Crippen MR) is 113 cm³/mol. The number of rotatable bonds is 4. The number of fused-ring (bicyclic) bond motifs is 1. The van der Waals surface area contributed by atoms with Crippen LogP contribution in [-0.2, 0) is 17.6 Å². The molecule has 1 amide bonds. The molecule has 6 nitrogen and oxygen atoms in total. The normalized spacial score (nSPS) is 24.1. The van der Waals surface area contributed by atoms with Crippen molar-refractivity contribution in [1.82, 2.24) is 19.8 Å². The van der Waals surface area contributed by atoms with Gasteiger partial charge in [0.05, 0.1) is 6.42 Å². The summed E-state index contributed by atoms with van der Waals surface area (Å²) in [4.78, 5) is 37.1. The molecule has 2 saturated heterocycles. The highest BCUT2D eigenvalue weighted by atomic mass is 16.2. The zero-order valence-corrected chi connectivity index (χ0v) is 17.7. The Bertz CT molecular complexity index is 983. The average Bonchev–Trinajstić information content (AvgIpc) is 3.22. The van der Waals surface area contributed by atoms with Gasteiger partial charge in [0.1, 0.15) is 5.82 Å². The quantitative estimate of drug-likeness (QED) is 0.864. The number of hydrogen-bond donors (Lipinski definition) is 1. The molecule has 3 atom stereocenters. The summed E-state index contributed by atoms with van der Waals surface area (Å²) in [6.07, 6.45) is 0.802. The van der Waals surface area contributed by atoms with E-state index in [0.717, 1.165) is 19.6 Å². The number of aromatic nitrogens is 2. The van der Waals surface area contributed by atoms with Gasteiger partial charge in [-0.2, -0.15) is 0 Å². The zero-order valence-electron chi connectivity index (χ0n) is 17.7. The summed E-state index contributed by atoms with van der Waals surface area (Å²) < 4.78 is 0. The van der Waals surface area contributed by atoms with E-state index in [-0.39, 0.29) is 17.9 Å². The molecule has 0 saturated carbocycles. The maximum Gasteiger partial charge on any atom is 0.254 e. The second-order valence-corrected chi connectivity index (χ2v) is 8.57. The SMILES string of the molecule is CCc1nc(C)c(CC(=O)N2C[C@@H]3CN(C)[C@@H](c4ccccc4C)[C@@H]3C2)c(=O)[nH]1. The van der Waals surface area contributed by atoms with Gasteiger partial charge in [-0.15, -0.1) is 0 Å². The molecule has 0 aliphatic carbocycles. The van der Waals surface area contributed by atoms with Crippen LogP contribution >= 0.6 is 0 Å². The molecule has 6 heteroatoms. The Kier molecular flexibility index (Phi) is 5.30. The Hall–Kier alpha value is -2.47. The lowest BCUT2D eigenvalue weighted by atomic mass is 9.88. The molecule has 4 rings (SSSR count). The van der Waals surface area contributed by atoms with Gasteiger partial charge >= 0.3 is 0 Å². The Balaban J connectivity index is 1.51. The third-order valence-corrected chi connectivity index (χ3v) is 6.69. The molecule has 0 bridgehead atoms. The van der Waals surface area contributed by atoms with E-state index >= 15 is 0 Å². The predicted octanol–water partition coefficient (Wildman–Crippen LogP) is 2.25. The number of H-pyrrole nitrogens is 1. The van der Waals surface area contributed by atoms with Gasteiger partial charge in [-0.25, -0.2) is 4.98 Å². The number of likely N-dealkylation sites (tertiary alicyclic amines) is 2. The maximum absolute atomic E-state index is 13.0.